The van der Waals surface area contributed by atoms with Crippen LogP contribution >= 0.6 is 0 Å². The van der Waals surface area contributed by atoms with Crippen LogP contribution in [0.25, 0.3) is 0 Å². The fourth-order valence-electron chi connectivity index (χ4n) is 5.07. The normalized spacial score (nSPS) is 11.1. The number of carbonyl (C=O) groups is 2. The summed E-state index contributed by atoms with van der Waals surface area (Å²) in [6.45, 7) is 4.99. The first-order valence-corrected chi connectivity index (χ1v) is 17.3. The molecule has 0 saturated carbocycles. The molecule has 1 radical (unpaired) electrons. The van der Waals surface area contributed by atoms with Gasteiger partial charge in [0.15, 0.2) is 0 Å². The average Bonchev–Trinajstić information content (AvgIpc) is 2.93. The molecule has 0 atom stereocenters. The van der Waals surface area contributed by atoms with Crippen LogP contribution in [0.2, 0.25) is 0 Å². The number of rotatable bonds is 32. The maximum atomic E-state index is 11.8. The Balaban J connectivity index is 3.26. The number of hydrogen-bond acceptors (Lipinski definition) is 4. The van der Waals surface area contributed by atoms with E-state index in [0.717, 1.165) is 25.7 Å². The van der Waals surface area contributed by atoms with Gasteiger partial charge in [0.25, 0.3) is 0 Å². The minimum absolute atomic E-state index is 0.146. The van der Waals surface area contributed by atoms with Crippen molar-refractivity contribution in [3.63, 3.8) is 0 Å². The summed E-state index contributed by atoms with van der Waals surface area (Å²) in [6.07, 6.45) is 36.5. The van der Waals surface area contributed by atoms with Crippen LogP contribution in [0.5, 0.6) is 0 Å². The molecule has 0 amide bonds. The van der Waals surface area contributed by atoms with Crippen LogP contribution in [0.4, 0.5) is 0 Å². The molecule has 0 bridgehead atoms. The molecular weight excluding hydrogens is 484 g/mol. The van der Waals surface area contributed by atoms with Gasteiger partial charge in [0.2, 0.25) is 0 Å². The summed E-state index contributed by atoms with van der Waals surface area (Å²) >= 11 is 0. The Bertz CT molecular complexity index is 461. The first kappa shape index (κ1) is 37.9. The maximum Gasteiger partial charge on any atom is 0.305 e. The van der Waals surface area contributed by atoms with Crippen LogP contribution in [0.1, 0.15) is 194 Å². The molecule has 4 heteroatoms. The van der Waals surface area contributed by atoms with Gasteiger partial charge in [0.05, 0.1) is 13.2 Å². The molecule has 0 aromatic rings. The zero-order valence-corrected chi connectivity index (χ0v) is 26.4. The van der Waals surface area contributed by atoms with Crippen molar-refractivity contribution in [3.8, 4) is 0 Å². The smallest absolute Gasteiger partial charge is 0.305 e. The second-order valence-corrected chi connectivity index (χ2v) is 11.6. The van der Waals surface area contributed by atoms with E-state index in [9.17, 15) is 9.59 Å². The van der Waals surface area contributed by atoms with Gasteiger partial charge in [0, 0.05) is 19.3 Å². The van der Waals surface area contributed by atoms with Crippen LogP contribution in [-0.4, -0.2) is 25.2 Å². The van der Waals surface area contributed by atoms with Crippen molar-refractivity contribution in [2.24, 2.45) is 0 Å². The molecule has 0 aliphatic heterocycles. The maximum absolute atomic E-state index is 11.8. The Hall–Kier alpha value is -1.06. The standard InChI is InChI=1S/C35H67O4/c1-3-5-7-9-11-13-15-17-19-21-23-25-27-30-34(36)38-32-29-33-39-35(37)31-28-26-24-22-20-18-16-14-12-10-8-6-4-2/h29H,3-28,30-33H2,1-2H3. The van der Waals surface area contributed by atoms with Crippen molar-refractivity contribution in [1.29, 1.82) is 0 Å². The van der Waals surface area contributed by atoms with E-state index >= 15 is 0 Å². The number of carbonyl (C=O) groups excluding carboxylic acids is 2. The van der Waals surface area contributed by atoms with E-state index in [-0.39, 0.29) is 25.2 Å². The lowest BCUT2D eigenvalue weighted by Gasteiger charge is -2.07. The van der Waals surface area contributed by atoms with Crippen molar-refractivity contribution in [2.75, 3.05) is 13.2 Å². The van der Waals surface area contributed by atoms with Crippen LogP contribution in [0, 0.1) is 6.42 Å². The van der Waals surface area contributed by atoms with Crippen LogP contribution in [0.15, 0.2) is 0 Å². The summed E-state index contributed by atoms with van der Waals surface area (Å²) in [5.74, 6) is -0.291. The van der Waals surface area contributed by atoms with Crippen LogP contribution < -0.4 is 0 Å². The highest BCUT2D eigenvalue weighted by atomic mass is 16.5. The topological polar surface area (TPSA) is 52.6 Å². The lowest BCUT2D eigenvalue weighted by Crippen LogP contribution is -2.11. The Labute approximate surface area is 244 Å². The molecule has 0 saturated heterocycles. The summed E-state index contributed by atoms with van der Waals surface area (Å²) in [7, 11) is 0. The molecule has 0 fully saturated rings. The zero-order chi connectivity index (χ0) is 28.5. The van der Waals surface area contributed by atoms with Crippen molar-refractivity contribution in [3.05, 3.63) is 6.42 Å². The molecule has 0 N–H and O–H groups in total. The molecule has 0 heterocycles. The van der Waals surface area contributed by atoms with Gasteiger partial charge in [-0.1, -0.05) is 168 Å². The predicted octanol–water partition coefficient (Wildman–Crippen LogP) is 11.2. The van der Waals surface area contributed by atoms with Crippen LogP contribution in [-0.2, 0) is 19.1 Å². The van der Waals surface area contributed by atoms with Gasteiger partial charge < -0.3 is 9.47 Å². The number of esters is 2. The van der Waals surface area contributed by atoms with Crippen LogP contribution in [0.3, 0.4) is 0 Å². The van der Waals surface area contributed by atoms with E-state index in [2.05, 4.69) is 13.8 Å². The minimum atomic E-state index is -0.146. The highest BCUT2D eigenvalue weighted by Crippen LogP contribution is 2.14. The molecule has 0 aliphatic carbocycles. The third kappa shape index (κ3) is 33.0. The van der Waals surface area contributed by atoms with E-state index in [1.165, 1.54) is 141 Å². The van der Waals surface area contributed by atoms with Gasteiger partial charge in [-0.2, -0.15) is 0 Å². The molecule has 0 aromatic heterocycles. The van der Waals surface area contributed by atoms with Crippen molar-refractivity contribution in [1.82, 2.24) is 0 Å². The van der Waals surface area contributed by atoms with E-state index in [4.69, 9.17) is 9.47 Å². The van der Waals surface area contributed by atoms with Gasteiger partial charge in [0.1, 0.15) is 0 Å². The van der Waals surface area contributed by atoms with Gasteiger partial charge in [-0.3, -0.25) is 9.59 Å². The van der Waals surface area contributed by atoms with Gasteiger partial charge >= 0.3 is 11.9 Å². The van der Waals surface area contributed by atoms with E-state index in [1.54, 1.807) is 6.42 Å². The number of unbranched alkanes of at least 4 members (excludes halogenated alkanes) is 24. The zero-order valence-electron chi connectivity index (χ0n) is 26.4. The molecule has 0 rings (SSSR count). The van der Waals surface area contributed by atoms with Gasteiger partial charge in [-0.25, -0.2) is 0 Å². The Morgan fingerprint density at radius 1 is 0.385 bits per heavy atom. The molecule has 39 heavy (non-hydrogen) atoms. The Kier molecular flexibility index (Phi) is 32.2. The third-order valence-electron chi connectivity index (χ3n) is 7.69. The first-order valence-electron chi connectivity index (χ1n) is 17.3. The average molecular weight is 552 g/mol. The molecule has 0 aliphatic rings. The second kappa shape index (κ2) is 33.1. The van der Waals surface area contributed by atoms with E-state index < -0.39 is 0 Å². The highest BCUT2D eigenvalue weighted by molar-refractivity contribution is 5.69. The molecule has 0 spiro atoms. The lowest BCUT2D eigenvalue weighted by atomic mass is 10.0. The predicted molar refractivity (Wildman–Crippen MR) is 167 cm³/mol. The molecular formula is C35H67O4. The monoisotopic (exact) mass is 552 g/mol. The Morgan fingerprint density at radius 3 is 0.872 bits per heavy atom. The summed E-state index contributed by atoms with van der Waals surface area (Å²) in [4.78, 5) is 23.7. The van der Waals surface area contributed by atoms with Gasteiger partial charge in [-0.15, -0.1) is 0 Å². The fourth-order valence-corrected chi connectivity index (χ4v) is 5.07. The third-order valence-corrected chi connectivity index (χ3v) is 7.69. The number of hydrogen-bond donors (Lipinski definition) is 0. The molecule has 0 unspecified atom stereocenters. The van der Waals surface area contributed by atoms with Crippen molar-refractivity contribution < 1.29 is 19.1 Å². The molecule has 0 aromatic carbocycles. The summed E-state index contributed by atoms with van der Waals surface area (Å²) in [5, 5.41) is 0. The SMILES string of the molecule is CCCCCCCCCCCCCCCC(=O)OC[CH]COC(=O)CCCCCCCCCCCCCCC. The number of ether oxygens (including phenoxy) is 2. The van der Waals surface area contributed by atoms with Crippen molar-refractivity contribution in [2.45, 2.75) is 194 Å². The summed E-state index contributed by atoms with van der Waals surface area (Å²) in [5.41, 5.74) is 0. The molecule has 4 nitrogen and oxygen atoms in total. The highest BCUT2D eigenvalue weighted by Gasteiger charge is 2.05. The summed E-state index contributed by atoms with van der Waals surface area (Å²) in [6, 6.07) is 0. The Morgan fingerprint density at radius 2 is 0.615 bits per heavy atom. The fraction of sp³-hybridized carbons (Fsp3) is 0.914. The van der Waals surface area contributed by atoms with E-state index in [1.807, 2.05) is 0 Å². The first-order chi connectivity index (χ1) is 19.2. The van der Waals surface area contributed by atoms with Crippen molar-refractivity contribution >= 4 is 11.9 Å². The molecule has 231 valence electrons. The second-order valence-electron chi connectivity index (χ2n) is 11.6. The summed E-state index contributed by atoms with van der Waals surface area (Å²) < 4.78 is 10.5. The van der Waals surface area contributed by atoms with Gasteiger partial charge in [-0.05, 0) is 12.8 Å². The quantitative estimate of drug-likeness (QED) is 0.0616. The largest absolute Gasteiger partial charge is 0.465 e. The van der Waals surface area contributed by atoms with E-state index in [0.29, 0.717) is 12.8 Å². The lowest BCUT2D eigenvalue weighted by molar-refractivity contribution is -0.144. The minimum Gasteiger partial charge on any atom is -0.465 e.